The van der Waals surface area contributed by atoms with Gasteiger partial charge in [0.25, 0.3) is 0 Å². The number of amides is 3. The first-order valence-electron chi connectivity index (χ1n) is 15.2. The number of carbonyl (C=O) groups excluding carboxylic acids is 3. The van der Waals surface area contributed by atoms with E-state index in [1.165, 1.54) is 5.56 Å². The number of piperidine rings is 1. The molecule has 8 nitrogen and oxygen atoms in total. The molecule has 1 aliphatic heterocycles. The smallest absolute Gasteiger partial charge is 0.408 e. The van der Waals surface area contributed by atoms with E-state index in [9.17, 15) is 14.4 Å². The first-order chi connectivity index (χ1) is 20.0. The number of hydrogen-bond donors (Lipinski definition) is 3. The number of alkyl carbamates (subject to hydrolysis) is 1. The van der Waals surface area contributed by atoms with Gasteiger partial charge in [0.2, 0.25) is 11.8 Å². The zero-order chi connectivity index (χ0) is 30.3. The van der Waals surface area contributed by atoms with Crippen molar-refractivity contribution in [2.24, 2.45) is 11.8 Å². The Morgan fingerprint density at radius 3 is 2.29 bits per heavy atom. The van der Waals surface area contributed by atoms with Crippen molar-refractivity contribution in [3.63, 3.8) is 0 Å². The topological polar surface area (TPSA) is 104 Å². The summed E-state index contributed by atoms with van der Waals surface area (Å²) in [5.74, 6) is 0.274. The van der Waals surface area contributed by atoms with Crippen LogP contribution in [-0.4, -0.2) is 58.6 Å². The van der Waals surface area contributed by atoms with Gasteiger partial charge in [-0.15, -0.1) is 0 Å². The summed E-state index contributed by atoms with van der Waals surface area (Å²) in [6.45, 7) is 10.8. The Labute approximate surface area is 249 Å². The molecule has 0 radical (unpaired) electrons. The van der Waals surface area contributed by atoms with Crippen molar-refractivity contribution in [1.29, 1.82) is 0 Å². The van der Waals surface area contributed by atoms with E-state index in [-0.39, 0.29) is 18.2 Å². The van der Waals surface area contributed by atoms with Crippen molar-refractivity contribution < 1.29 is 19.1 Å². The lowest BCUT2D eigenvalue weighted by Gasteiger charge is -2.35. The summed E-state index contributed by atoms with van der Waals surface area (Å²) < 4.78 is 5.48. The van der Waals surface area contributed by atoms with E-state index in [1.807, 2.05) is 55.3 Å². The minimum Gasteiger partial charge on any atom is -0.444 e. The van der Waals surface area contributed by atoms with Crippen LogP contribution in [0.25, 0.3) is 10.9 Å². The first-order valence-corrected chi connectivity index (χ1v) is 15.2. The van der Waals surface area contributed by atoms with E-state index in [0.717, 1.165) is 35.7 Å². The third-order valence-corrected chi connectivity index (χ3v) is 7.72. The van der Waals surface area contributed by atoms with Crippen LogP contribution in [0.4, 0.5) is 4.79 Å². The normalized spacial score (nSPS) is 15.8. The molecule has 3 amide bonds. The highest BCUT2D eigenvalue weighted by Crippen LogP contribution is 2.24. The zero-order valence-corrected chi connectivity index (χ0v) is 25.6. The fourth-order valence-electron chi connectivity index (χ4n) is 5.67. The zero-order valence-electron chi connectivity index (χ0n) is 25.6. The van der Waals surface area contributed by atoms with E-state index < -0.39 is 29.7 Å². The molecule has 1 fully saturated rings. The Hall–Kier alpha value is -3.81. The van der Waals surface area contributed by atoms with Crippen molar-refractivity contribution >= 4 is 28.8 Å². The summed E-state index contributed by atoms with van der Waals surface area (Å²) >= 11 is 0. The monoisotopic (exact) mass is 574 g/mol. The highest BCUT2D eigenvalue weighted by molar-refractivity contribution is 5.92. The molecule has 3 N–H and O–H groups in total. The predicted octanol–water partition coefficient (Wildman–Crippen LogP) is 5.62. The number of aromatic amines is 1. The van der Waals surface area contributed by atoms with Gasteiger partial charge in [-0.2, -0.15) is 0 Å². The number of para-hydroxylation sites is 1. The Morgan fingerprint density at radius 2 is 1.62 bits per heavy atom. The molecule has 1 saturated heterocycles. The van der Waals surface area contributed by atoms with Crippen LogP contribution in [0.5, 0.6) is 0 Å². The molecule has 42 heavy (non-hydrogen) atoms. The molecular weight excluding hydrogens is 528 g/mol. The number of aromatic nitrogens is 1. The van der Waals surface area contributed by atoms with E-state index >= 15 is 0 Å². The summed E-state index contributed by atoms with van der Waals surface area (Å²) in [6, 6.07) is 16.7. The standard InChI is InChI=1S/C34H46N4O4/c1-23(2)19-30(32(40)38-17-15-25(16-18-38)20-24-11-7-6-8-12-24)36-31(39)29(37-33(41)42-34(3,4)5)21-26-22-35-28-14-10-9-13-27(26)28/h6-14,22-23,25,29-30,35H,15-21H2,1-5H3,(H,36,39)(H,37,41)/t29-,30-/m0/s1. The fraction of sp³-hybridized carbons (Fsp3) is 0.500. The van der Waals surface area contributed by atoms with Gasteiger partial charge in [0, 0.05) is 36.6 Å². The Morgan fingerprint density at radius 1 is 0.952 bits per heavy atom. The molecular formula is C34H46N4O4. The second kappa shape index (κ2) is 13.9. The number of benzene rings is 2. The molecule has 0 unspecified atom stereocenters. The second-order valence-corrected chi connectivity index (χ2v) is 12.9. The number of ether oxygens (including phenoxy) is 1. The van der Waals surface area contributed by atoms with Crippen LogP contribution < -0.4 is 10.6 Å². The summed E-state index contributed by atoms with van der Waals surface area (Å²) in [5, 5.41) is 6.77. The largest absolute Gasteiger partial charge is 0.444 e. The number of hydrogen-bond acceptors (Lipinski definition) is 4. The Kier molecular flexibility index (Phi) is 10.3. The molecule has 2 atom stereocenters. The number of carbonyl (C=O) groups is 3. The van der Waals surface area contributed by atoms with Crippen LogP contribution >= 0.6 is 0 Å². The van der Waals surface area contributed by atoms with E-state index in [1.54, 1.807) is 20.8 Å². The molecule has 226 valence electrons. The molecule has 2 heterocycles. The molecule has 0 bridgehead atoms. The lowest BCUT2D eigenvalue weighted by Crippen LogP contribution is -2.56. The molecule has 1 aromatic heterocycles. The predicted molar refractivity (Wildman–Crippen MR) is 166 cm³/mol. The van der Waals surface area contributed by atoms with E-state index in [0.29, 0.717) is 25.4 Å². The lowest BCUT2D eigenvalue weighted by molar-refractivity contribution is -0.138. The molecule has 1 aliphatic rings. The van der Waals surface area contributed by atoms with Gasteiger partial charge < -0.3 is 25.3 Å². The molecule has 3 aromatic rings. The minimum absolute atomic E-state index is 0.0571. The number of H-pyrrole nitrogens is 1. The van der Waals surface area contributed by atoms with Crippen LogP contribution in [0.15, 0.2) is 60.8 Å². The van der Waals surface area contributed by atoms with Gasteiger partial charge >= 0.3 is 6.09 Å². The Bertz CT molecular complexity index is 1340. The summed E-state index contributed by atoms with van der Waals surface area (Å²) in [6.07, 6.45) is 4.84. The highest BCUT2D eigenvalue weighted by atomic mass is 16.6. The van der Waals surface area contributed by atoms with E-state index in [2.05, 4.69) is 39.9 Å². The van der Waals surface area contributed by atoms with Gasteiger partial charge in [0.05, 0.1) is 0 Å². The number of likely N-dealkylation sites (tertiary alicyclic amines) is 1. The SMILES string of the molecule is CC(C)C[C@H](NC(=O)[C@H](Cc1c[nH]c2ccccc12)NC(=O)OC(C)(C)C)C(=O)N1CCC(Cc2ccccc2)CC1. The highest BCUT2D eigenvalue weighted by Gasteiger charge is 2.33. The third kappa shape index (κ3) is 8.84. The maximum Gasteiger partial charge on any atom is 0.408 e. The number of rotatable bonds is 10. The summed E-state index contributed by atoms with van der Waals surface area (Å²) in [5.41, 5.74) is 2.46. The summed E-state index contributed by atoms with van der Waals surface area (Å²) in [4.78, 5) is 45.4. The summed E-state index contributed by atoms with van der Waals surface area (Å²) in [7, 11) is 0. The average molecular weight is 575 g/mol. The molecule has 8 heteroatoms. The third-order valence-electron chi connectivity index (χ3n) is 7.72. The van der Waals surface area contributed by atoms with E-state index in [4.69, 9.17) is 4.74 Å². The van der Waals surface area contributed by atoms with Crippen LogP contribution in [0.2, 0.25) is 0 Å². The van der Waals surface area contributed by atoms with Crippen LogP contribution in [0.3, 0.4) is 0 Å². The maximum atomic E-state index is 13.8. The van der Waals surface area contributed by atoms with Gasteiger partial charge in [-0.3, -0.25) is 9.59 Å². The molecule has 0 aliphatic carbocycles. The van der Waals surface area contributed by atoms with Crippen molar-refractivity contribution in [2.45, 2.75) is 84.4 Å². The lowest BCUT2D eigenvalue weighted by atomic mass is 9.89. The molecule has 0 saturated carbocycles. The number of nitrogens with one attached hydrogen (secondary N) is 3. The minimum atomic E-state index is -0.918. The van der Waals surface area contributed by atoms with Gasteiger partial charge in [-0.05, 0) is 75.5 Å². The second-order valence-electron chi connectivity index (χ2n) is 12.9. The van der Waals surface area contributed by atoms with Crippen molar-refractivity contribution in [3.05, 3.63) is 71.9 Å². The molecule has 0 spiro atoms. The molecule has 4 rings (SSSR count). The Balaban J connectivity index is 1.45. The van der Waals surface area contributed by atoms with Crippen molar-refractivity contribution in [3.8, 4) is 0 Å². The fourth-order valence-corrected chi connectivity index (χ4v) is 5.67. The average Bonchev–Trinajstić information content (AvgIpc) is 3.34. The number of nitrogens with zero attached hydrogens (tertiary/aromatic N) is 1. The van der Waals surface area contributed by atoms with Gasteiger partial charge in [-0.1, -0.05) is 62.4 Å². The van der Waals surface area contributed by atoms with Gasteiger partial charge in [-0.25, -0.2) is 4.79 Å². The van der Waals surface area contributed by atoms with Crippen LogP contribution in [0.1, 0.15) is 65.0 Å². The molecule has 2 aromatic carbocycles. The van der Waals surface area contributed by atoms with Crippen molar-refractivity contribution in [2.75, 3.05) is 13.1 Å². The quantitative estimate of drug-likeness (QED) is 0.293. The maximum absolute atomic E-state index is 13.8. The van der Waals surface area contributed by atoms with Crippen molar-refractivity contribution in [1.82, 2.24) is 20.5 Å². The van der Waals surface area contributed by atoms with Crippen LogP contribution in [-0.2, 0) is 27.2 Å². The number of fused-ring (bicyclic) bond motifs is 1. The van der Waals surface area contributed by atoms with Gasteiger partial charge in [0.1, 0.15) is 17.7 Å². The van der Waals surface area contributed by atoms with Gasteiger partial charge in [0.15, 0.2) is 0 Å². The van der Waals surface area contributed by atoms with Crippen LogP contribution in [0, 0.1) is 11.8 Å². The first kappa shape index (κ1) is 31.1.